The van der Waals surface area contributed by atoms with Gasteiger partial charge in [0.1, 0.15) is 12.3 Å². The Kier molecular flexibility index (Phi) is 8.11. The first-order valence-electron chi connectivity index (χ1n) is 11.5. The Bertz CT molecular complexity index is 696. The largest absolute Gasteiger partial charge is 0.464 e. The molecule has 0 saturated heterocycles. The molecule has 0 aromatic rings. The first kappa shape index (κ1) is 23.7. The van der Waals surface area contributed by atoms with Crippen LogP contribution >= 0.6 is 0 Å². The number of rotatable bonds is 6. The predicted molar refractivity (Wildman–Crippen MR) is 114 cm³/mol. The van der Waals surface area contributed by atoms with Crippen LogP contribution < -0.4 is 5.32 Å². The molecule has 3 aliphatic rings. The number of carbonyl (C=O) groups excluding carboxylic acids is 3. The van der Waals surface area contributed by atoms with Crippen molar-refractivity contribution in [3.63, 3.8) is 0 Å². The second-order valence-corrected chi connectivity index (χ2v) is 8.76. The van der Waals surface area contributed by atoms with Crippen molar-refractivity contribution < 1.29 is 28.6 Å². The van der Waals surface area contributed by atoms with E-state index in [1.807, 2.05) is 13.0 Å². The van der Waals surface area contributed by atoms with Crippen molar-refractivity contribution >= 4 is 17.8 Å². The van der Waals surface area contributed by atoms with Gasteiger partial charge in [-0.1, -0.05) is 12.2 Å². The molecule has 5 unspecified atom stereocenters. The summed E-state index contributed by atoms with van der Waals surface area (Å²) >= 11 is 0. The summed E-state index contributed by atoms with van der Waals surface area (Å²) in [6, 6.07) is 0. The van der Waals surface area contributed by atoms with Crippen molar-refractivity contribution in [3.05, 3.63) is 12.2 Å². The maximum atomic E-state index is 13.3. The highest BCUT2D eigenvalue weighted by Crippen LogP contribution is 2.47. The lowest BCUT2D eigenvalue weighted by molar-refractivity contribution is -0.150. The minimum Gasteiger partial charge on any atom is -0.464 e. The predicted octanol–water partition coefficient (Wildman–Crippen LogP) is 2.03. The molecule has 31 heavy (non-hydrogen) atoms. The number of nitrogens with zero attached hydrogens (tertiary/aromatic N) is 1. The van der Waals surface area contributed by atoms with E-state index in [9.17, 15) is 14.4 Å². The number of carbonyl (C=O) groups is 3. The topological polar surface area (TPSA) is 94.2 Å². The molecule has 2 aliphatic carbocycles. The molecule has 1 heterocycles. The number of allylic oxidation sites excluding steroid dienone is 1. The summed E-state index contributed by atoms with van der Waals surface area (Å²) < 4.78 is 16.3. The lowest BCUT2D eigenvalue weighted by Crippen LogP contribution is -2.50. The lowest BCUT2D eigenvalue weighted by atomic mass is 9.93. The molecule has 3 rings (SSSR count). The van der Waals surface area contributed by atoms with E-state index in [0.717, 1.165) is 19.3 Å². The number of esters is 1. The van der Waals surface area contributed by atoms with Crippen LogP contribution in [0.15, 0.2) is 12.2 Å². The molecular formula is C23H36N2O6. The fourth-order valence-corrected chi connectivity index (χ4v) is 4.70. The highest BCUT2D eigenvalue weighted by atomic mass is 16.7. The van der Waals surface area contributed by atoms with Gasteiger partial charge in [0.05, 0.1) is 24.5 Å². The van der Waals surface area contributed by atoms with Gasteiger partial charge in [0.15, 0.2) is 0 Å². The molecule has 0 aromatic heterocycles. The van der Waals surface area contributed by atoms with Crippen LogP contribution in [0.3, 0.4) is 0 Å². The van der Waals surface area contributed by atoms with E-state index in [-0.39, 0.29) is 37.2 Å². The van der Waals surface area contributed by atoms with Crippen LogP contribution in [0.5, 0.6) is 0 Å². The third-order valence-electron chi connectivity index (χ3n) is 6.62. The van der Waals surface area contributed by atoms with Crippen LogP contribution in [0, 0.1) is 17.8 Å². The molecule has 0 bridgehead atoms. The van der Waals surface area contributed by atoms with E-state index < -0.39 is 23.3 Å². The third-order valence-corrected chi connectivity index (χ3v) is 6.62. The molecule has 2 fully saturated rings. The van der Waals surface area contributed by atoms with E-state index in [1.165, 1.54) is 0 Å². The SMILES string of the molecule is CCOCOC1CC2C(=O)NC3(C(=O)OCC)CC3/C=C/CCCCN(C)C(=O)C2C1. The smallest absolute Gasteiger partial charge is 0.332 e. The van der Waals surface area contributed by atoms with E-state index in [0.29, 0.717) is 32.4 Å². The van der Waals surface area contributed by atoms with Gasteiger partial charge in [0.25, 0.3) is 0 Å². The number of ether oxygens (including phenoxy) is 3. The Labute approximate surface area is 184 Å². The van der Waals surface area contributed by atoms with Crippen molar-refractivity contribution in [3.8, 4) is 0 Å². The molecule has 8 heteroatoms. The van der Waals surface area contributed by atoms with Crippen LogP contribution in [0.1, 0.15) is 52.4 Å². The van der Waals surface area contributed by atoms with Crippen LogP contribution in [0.25, 0.3) is 0 Å². The normalized spacial score (nSPS) is 34.9. The van der Waals surface area contributed by atoms with Crippen molar-refractivity contribution in [2.24, 2.45) is 17.8 Å². The van der Waals surface area contributed by atoms with Crippen LogP contribution in [0.4, 0.5) is 0 Å². The number of amides is 2. The zero-order valence-electron chi connectivity index (χ0n) is 18.9. The van der Waals surface area contributed by atoms with Gasteiger partial charge in [-0.3, -0.25) is 9.59 Å². The average molecular weight is 437 g/mol. The third kappa shape index (κ3) is 5.47. The highest BCUT2D eigenvalue weighted by Gasteiger charge is 2.62. The first-order chi connectivity index (χ1) is 14.9. The molecule has 0 spiro atoms. The number of nitrogens with one attached hydrogen (secondary N) is 1. The van der Waals surface area contributed by atoms with Crippen LogP contribution in [-0.4, -0.2) is 67.9 Å². The number of hydrogen-bond donors (Lipinski definition) is 1. The summed E-state index contributed by atoms with van der Waals surface area (Å²) in [5.41, 5.74) is -1.02. The maximum absolute atomic E-state index is 13.3. The molecule has 2 amide bonds. The van der Waals surface area contributed by atoms with Gasteiger partial charge in [-0.2, -0.15) is 0 Å². The van der Waals surface area contributed by atoms with E-state index in [2.05, 4.69) is 11.4 Å². The van der Waals surface area contributed by atoms with Crippen molar-refractivity contribution in [2.45, 2.75) is 64.0 Å². The molecule has 5 atom stereocenters. The number of fused-ring (bicyclic) bond motifs is 2. The standard InChI is InChI=1S/C23H36N2O6/c1-4-29-15-31-17-12-18-19(13-17)21(27)25(3)11-9-7-6-8-10-16-14-23(16,24-20(18)26)22(28)30-5-2/h8,10,16-19H,4-7,9,11-15H2,1-3H3,(H,24,26)/b10-8+. The maximum Gasteiger partial charge on any atom is 0.332 e. The fourth-order valence-electron chi connectivity index (χ4n) is 4.70. The molecule has 174 valence electrons. The highest BCUT2D eigenvalue weighted by molar-refractivity contribution is 5.95. The van der Waals surface area contributed by atoms with Gasteiger partial charge in [-0.05, 0) is 52.4 Å². The molecule has 2 saturated carbocycles. The summed E-state index contributed by atoms with van der Waals surface area (Å²) in [6.07, 6.45) is 8.05. The van der Waals surface area contributed by atoms with Gasteiger partial charge in [0.2, 0.25) is 11.8 Å². The lowest BCUT2D eigenvalue weighted by Gasteiger charge is -2.26. The monoisotopic (exact) mass is 436 g/mol. The average Bonchev–Trinajstić information content (AvgIpc) is 3.27. The van der Waals surface area contributed by atoms with Crippen molar-refractivity contribution in [1.29, 1.82) is 0 Å². The summed E-state index contributed by atoms with van der Waals surface area (Å²) in [5.74, 6) is -1.77. The minimum absolute atomic E-state index is 0.0345. The molecular weight excluding hydrogens is 400 g/mol. The fraction of sp³-hybridized carbons (Fsp3) is 0.783. The van der Waals surface area contributed by atoms with Crippen LogP contribution in [0.2, 0.25) is 0 Å². The van der Waals surface area contributed by atoms with Crippen LogP contribution in [-0.2, 0) is 28.6 Å². The van der Waals surface area contributed by atoms with Crippen molar-refractivity contribution in [2.75, 3.05) is 33.6 Å². The Morgan fingerprint density at radius 3 is 2.71 bits per heavy atom. The second kappa shape index (κ2) is 10.6. The van der Waals surface area contributed by atoms with Gasteiger partial charge >= 0.3 is 5.97 Å². The molecule has 1 N–H and O–H groups in total. The van der Waals surface area contributed by atoms with Gasteiger partial charge in [0, 0.05) is 26.1 Å². The molecule has 0 aromatic carbocycles. The first-order valence-corrected chi connectivity index (χ1v) is 11.5. The Hall–Kier alpha value is -1.93. The Morgan fingerprint density at radius 1 is 1.19 bits per heavy atom. The second-order valence-electron chi connectivity index (χ2n) is 8.76. The summed E-state index contributed by atoms with van der Waals surface area (Å²) in [4.78, 5) is 41.0. The van der Waals surface area contributed by atoms with Gasteiger partial charge < -0.3 is 24.4 Å². The molecule has 0 radical (unpaired) electrons. The van der Waals surface area contributed by atoms with E-state index in [4.69, 9.17) is 14.2 Å². The van der Waals surface area contributed by atoms with Gasteiger partial charge in [-0.25, -0.2) is 4.79 Å². The summed E-state index contributed by atoms with van der Waals surface area (Å²) in [6.45, 7) is 5.25. The van der Waals surface area contributed by atoms with E-state index in [1.54, 1.807) is 18.9 Å². The number of hydrogen-bond acceptors (Lipinski definition) is 6. The van der Waals surface area contributed by atoms with Crippen molar-refractivity contribution in [1.82, 2.24) is 10.2 Å². The molecule has 1 aliphatic heterocycles. The zero-order chi connectivity index (χ0) is 22.4. The van der Waals surface area contributed by atoms with E-state index >= 15 is 0 Å². The van der Waals surface area contributed by atoms with Gasteiger partial charge in [-0.15, -0.1) is 0 Å². The quantitative estimate of drug-likeness (QED) is 0.296. The summed E-state index contributed by atoms with van der Waals surface area (Å²) in [5, 5.41) is 2.98. The Morgan fingerprint density at radius 2 is 1.97 bits per heavy atom. The summed E-state index contributed by atoms with van der Waals surface area (Å²) in [7, 11) is 1.80. The minimum atomic E-state index is -1.02. The molecule has 8 nitrogen and oxygen atoms in total. The Balaban J connectivity index is 1.81. The zero-order valence-corrected chi connectivity index (χ0v) is 18.9.